The Hall–Kier alpha value is -6.33. The van der Waals surface area contributed by atoms with Crippen molar-refractivity contribution in [2.45, 2.75) is 96.3 Å². The molecule has 1 unspecified atom stereocenters. The number of halogens is 11. The number of fused-ring (bicyclic) bond motifs is 2. The number of aliphatic hydroxyl groups is 1. The Morgan fingerprint density at radius 3 is 1.66 bits per heavy atom. The highest BCUT2D eigenvalue weighted by Gasteiger charge is 2.45. The summed E-state index contributed by atoms with van der Waals surface area (Å²) in [5, 5.41) is 13.6. The molecule has 4 atom stereocenters. The van der Waals surface area contributed by atoms with Gasteiger partial charge in [0.15, 0.2) is 0 Å². The van der Waals surface area contributed by atoms with Crippen LogP contribution in [-0.2, 0) is 17.6 Å². The van der Waals surface area contributed by atoms with E-state index < -0.39 is 31.2 Å². The van der Waals surface area contributed by atoms with Gasteiger partial charge in [0.05, 0.1) is 30.9 Å². The first-order valence-corrected chi connectivity index (χ1v) is 21.9. The number of hydrogen-bond donors (Lipinski definition) is 2. The summed E-state index contributed by atoms with van der Waals surface area (Å²) in [5.41, 5.74) is 8.28. The van der Waals surface area contributed by atoms with Crippen molar-refractivity contribution >= 4 is 11.4 Å². The average molecular weight is 991 g/mol. The van der Waals surface area contributed by atoms with E-state index in [0.717, 1.165) is 51.4 Å². The van der Waals surface area contributed by atoms with Gasteiger partial charge in [-0.2, -0.15) is 35.1 Å². The smallest absolute Gasteiger partial charge is 0.428 e. The number of nitrogens with one attached hydrogen (secondary N) is 1. The van der Waals surface area contributed by atoms with E-state index in [1.807, 2.05) is 53.4 Å². The summed E-state index contributed by atoms with van der Waals surface area (Å²) in [6.07, 6.45) is -14.6. The number of epoxide rings is 1. The predicted molar refractivity (Wildman–Crippen MR) is 249 cm³/mol. The largest absolute Gasteiger partial charge is 0.461 e. The fourth-order valence-electron chi connectivity index (χ4n) is 8.29. The maximum absolute atomic E-state index is 13.9. The topological polar surface area (TPSA) is 66.5 Å². The fraction of sp³-hybridized carbons (Fsp3) is 0.321. The number of alkyl halides is 8. The molecule has 70 heavy (non-hydrogen) atoms. The molecule has 9 rings (SSSR count). The van der Waals surface area contributed by atoms with E-state index >= 15 is 0 Å². The van der Waals surface area contributed by atoms with E-state index in [0.29, 0.717) is 42.9 Å². The van der Waals surface area contributed by atoms with Crippen LogP contribution in [0, 0.1) is 11.6 Å². The standard InChI is InChI=1S/C26H24F5NO2.C23H18F5NO.C3H6O.CH4.FH/c1-16(33)15-32-23(18-6-3-8-20(14-18)34-26(30,31)25(28)29)12-11-22-21(9-4-10-24(22)32)17-5-2-7-19(27)13-17;24-16-6-1-4-14(12-16)18-8-3-9-21-19(18)10-11-20(29-21)15-5-2-7-17(13-15)30-23(27,28)22(25)26;1-3-2-4-3;;/h2-10,13-14,16,23,25,33H,11-12,15H2,1H3;1-9,12-13,20,22,29H,10-11H2;3H,2H2,1H3;1H4;1H/t16-,23-;;3-;;/m1.1../s1. The van der Waals surface area contributed by atoms with Crippen molar-refractivity contribution in [1.29, 1.82) is 0 Å². The molecular weight excluding hydrogens is 938 g/mol. The molecule has 0 bridgehead atoms. The predicted octanol–water partition coefficient (Wildman–Crippen LogP) is 14.6. The lowest BCUT2D eigenvalue weighted by molar-refractivity contribution is -0.253. The van der Waals surface area contributed by atoms with E-state index in [1.54, 1.807) is 31.2 Å². The average Bonchev–Trinajstić information content (AvgIpc) is 4.10. The second kappa shape index (κ2) is 23.5. The van der Waals surface area contributed by atoms with Crippen LogP contribution in [0.1, 0.15) is 68.5 Å². The molecule has 2 N–H and O–H groups in total. The molecule has 1 saturated heterocycles. The van der Waals surface area contributed by atoms with Gasteiger partial charge in [-0.1, -0.05) is 80.2 Å². The Morgan fingerprint density at radius 2 is 1.14 bits per heavy atom. The van der Waals surface area contributed by atoms with Gasteiger partial charge >= 0.3 is 25.1 Å². The van der Waals surface area contributed by atoms with Crippen LogP contribution in [-0.4, -0.2) is 55.5 Å². The Morgan fingerprint density at radius 1 is 0.671 bits per heavy atom. The van der Waals surface area contributed by atoms with Gasteiger partial charge < -0.3 is 29.5 Å². The molecule has 3 aliphatic heterocycles. The summed E-state index contributed by atoms with van der Waals surface area (Å²) < 4.78 is 144. The lowest BCUT2D eigenvalue weighted by atomic mass is 9.86. The van der Waals surface area contributed by atoms with Crippen molar-refractivity contribution in [2.24, 2.45) is 0 Å². The van der Waals surface area contributed by atoms with E-state index in [9.17, 15) is 49.0 Å². The molecule has 6 aromatic carbocycles. The zero-order valence-electron chi connectivity index (χ0n) is 37.2. The van der Waals surface area contributed by atoms with Gasteiger partial charge in [-0.15, -0.1) is 0 Å². The van der Waals surface area contributed by atoms with Crippen molar-refractivity contribution in [3.8, 4) is 33.8 Å². The van der Waals surface area contributed by atoms with E-state index in [2.05, 4.69) is 21.7 Å². The van der Waals surface area contributed by atoms with E-state index in [4.69, 9.17) is 4.74 Å². The first-order chi connectivity index (χ1) is 32.4. The van der Waals surface area contributed by atoms with Crippen molar-refractivity contribution < 1.29 is 67.9 Å². The zero-order valence-corrected chi connectivity index (χ0v) is 37.2. The molecule has 3 heterocycles. The van der Waals surface area contributed by atoms with Crippen LogP contribution in [0.25, 0.3) is 22.3 Å². The number of benzene rings is 6. The molecule has 6 aromatic rings. The Kier molecular flexibility index (Phi) is 18.3. The molecule has 376 valence electrons. The minimum atomic E-state index is -4.60. The quantitative estimate of drug-likeness (QED) is 0.0941. The molecule has 6 nitrogen and oxygen atoms in total. The molecule has 3 aliphatic rings. The van der Waals surface area contributed by atoms with Gasteiger partial charge in [-0.25, -0.2) is 8.78 Å². The SMILES string of the molecule is C.C[C@@H](O)CN1c2cccc(-c3cccc(F)c3)c2CC[C@@H]1c1cccc(OC(F)(F)C(F)F)c1.C[C@@H]1CO1.F.Fc1cccc(-c2cccc3c2CCC(c2cccc(OC(F)(F)C(F)F)c2)N3)c1. The monoisotopic (exact) mass is 990 g/mol. The summed E-state index contributed by atoms with van der Waals surface area (Å²) in [7, 11) is 0. The first kappa shape index (κ1) is 54.6. The number of aliphatic hydroxyl groups excluding tert-OH is 1. The number of β-amino-alcohol motifs (C(OH)–C–C–N with tert-alkyl or cyclic N) is 1. The van der Waals surface area contributed by atoms with Gasteiger partial charge in [0.2, 0.25) is 0 Å². The highest BCUT2D eigenvalue weighted by atomic mass is 19.3. The number of rotatable bonds is 12. The highest BCUT2D eigenvalue weighted by Crippen LogP contribution is 2.44. The lowest BCUT2D eigenvalue weighted by Gasteiger charge is -2.41. The lowest BCUT2D eigenvalue weighted by Crippen LogP contribution is -2.38. The summed E-state index contributed by atoms with van der Waals surface area (Å²) in [6.45, 7) is 4.94. The Balaban J connectivity index is 0.000000236. The van der Waals surface area contributed by atoms with Gasteiger partial charge in [-0.3, -0.25) is 4.70 Å². The summed E-state index contributed by atoms with van der Waals surface area (Å²) in [6, 6.07) is 35.0. The van der Waals surface area contributed by atoms with Gasteiger partial charge in [0.1, 0.15) is 23.1 Å². The van der Waals surface area contributed by atoms with Crippen LogP contribution in [0.4, 0.5) is 60.0 Å². The van der Waals surface area contributed by atoms with E-state index in [1.165, 1.54) is 60.7 Å². The van der Waals surface area contributed by atoms with Gasteiger partial charge in [0.25, 0.3) is 0 Å². The summed E-state index contributed by atoms with van der Waals surface area (Å²) in [4.78, 5) is 1.97. The van der Waals surface area contributed by atoms with Crippen molar-refractivity contribution in [2.75, 3.05) is 23.4 Å². The maximum atomic E-state index is 13.9. The number of ether oxygens (including phenoxy) is 3. The first-order valence-electron chi connectivity index (χ1n) is 21.9. The third kappa shape index (κ3) is 13.7. The zero-order chi connectivity index (χ0) is 48.8. The summed E-state index contributed by atoms with van der Waals surface area (Å²) >= 11 is 0. The van der Waals surface area contributed by atoms with Crippen LogP contribution >= 0.6 is 0 Å². The fourth-order valence-corrected chi connectivity index (χ4v) is 8.29. The molecule has 0 radical (unpaired) electrons. The van der Waals surface area contributed by atoms with Crippen molar-refractivity contribution in [1.82, 2.24) is 0 Å². The molecule has 0 aliphatic carbocycles. The van der Waals surface area contributed by atoms with Crippen LogP contribution in [0.3, 0.4) is 0 Å². The van der Waals surface area contributed by atoms with Gasteiger partial charge in [0, 0.05) is 17.9 Å². The van der Waals surface area contributed by atoms with Crippen LogP contribution in [0.15, 0.2) is 133 Å². The molecular formula is C53H53F11N2O4. The number of hydrogen-bond acceptors (Lipinski definition) is 6. The second-order valence-corrected chi connectivity index (χ2v) is 16.7. The highest BCUT2D eigenvalue weighted by molar-refractivity contribution is 5.77. The van der Waals surface area contributed by atoms with E-state index in [-0.39, 0.29) is 53.9 Å². The van der Waals surface area contributed by atoms with Crippen LogP contribution < -0.4 is 19.7 Å². The van der Waals surface area contributed by atoms with Crippen LogP contribution in [0.2, 0.25) is 0 Å². The molecule has 0 amide bonds. The molecule has 0 saturated carbocycles. The third-order valence-electron chi connectivity index (χ3n) is 11.4. The molecule has 17 heteroatoms. The normalized spacial score (nSPS) is 17.4. The maximum Gasteiger partial charge on any atom is 0.461 e. The summed E-state index contributed by atoms with van der Waals surface area (Å²) in [5.74, 6) is -1.34. The third-order valence-corrected chi connectivity index (χ3v) is 11.4. The Bertz CT molecular complexity index is 2650. The van der Waals surface area contributed by atoms with Crippen LogP contribution in [0.5, 0.6) is 11.5 Å². The van der Waals surface area contributed by atoms with Gasteiger partial charge in [-0.05, 0) is 145 Å². The second-order valence-electron chi connectivity index (χ2n) is 16.7. The minimum absolute atomic E-state index is 0. The van der Waals surface area contributed by atoms with Crippen molar-refractivity contribution in [3.63, 3.8) is 0 Å². The Labute approximate surface area is 399 Å². The minimum Gasteiger partial charge on any atom is -0.428 e. The number of nitrogens with zero attached hydrogens (tertiary/aromatic N) is 1. The number of anilines is 2. The molecule has 0 aromatic heterocycles. The molecule has 0 spiro atoms. The van der Waals surface area contributed by atoms with Crippen molar-refractivity contribution in [3.05, 3.63) is 167 Å². The molecule has 1 fully saturated rings.